The Morgan fingerprint density at radius 2 is 1.94 bits per heavy atom. The molecule has 2 fully saturated rings. The van der Waals surface area contributed by atoms with Gasteiger partial charge in [-0.15, -0.1) is 0 Å². The summed E-state index contributed by atoms with van der Waals surface area (Å²) in [4.78, 5) is 12.0. The van der Waals surface area contributed by atoms with Crippen molar-refractivity contribution in [2.75, 3.05) is 0 Å². The zero-order valence-electron chi connectivity index (χ0n) is 12.3. The van der Waals surface area contributed by atoms with E-state index in [1.54, 1.807) is 0 Å². The van der Waals surface area contributed by atoms with Crippen LogP contribution >= 0.6 is 0 Å². The van der Waals surface area contributed by atoms with E-state index in [-0.39, 0.29) is 28.8 Å². The lowest BCUT2D eigenvalue weighted by Crippen LogP contribution is -2.44. The molecule has 3 nitrogen and oxygen atoms in total. The van der Waals surface area contributed by atoms with Gasteiger partial charge >= 0.3 is 5.97 Å². The summed E-state index contributed by atoms with van der Waals surface area (Å²) in [7, 11) is 0. The van der Waals surface area contributed by atoms with E-state index in [9.17, 15) is 4.79 Å². The summed E-state index contributed by atoms with van der Waals surface area (Å²) < 4.78 is 5.74. The average Bonchev–Trinajstić information content (AvgIpc) is 2.60. The van der Waals surface area contributed by atoms with Crippen molar-refractivity contribution in [3.05, 3.63) is 0 Å². The van der Waals surface area contributed by atoms with Crippen molar-refractivity contribution < 1.29 is 9.53 Å². The van der Waals surface area contributed by atoms with Crippen LogP contribution in [-0.2, 0) is 9.53 Å². The molecule has 18 heavy (non-hydrogen) atoms. The van der Waals surface area contributed by atoms with Gasteiger partial charge in [-0.05, 0) is 36.5 Å². The summed E-state index contributed by atoms with van der Waals surface area (Å²) in [6, 6.07) is -0.490. The van der Waals surface area contributed by atoms with Gasteiger partial charge in [0.1, 0.15) is 12.1 Å². The monoisotopic (exact) mass is 253 g/mol. The minimum Gasteiger partial charge on any atom is -0.461 e. The maximum atomic E-state index is 12.0. The van der Waals surface area contributed by atoms with Crippen LogP contribution in [-0.4, -0.2) is 18.1 Å². The molecule has 4 atom stereocenters. The Morgan fingerprint density at radius 1 is 1.33 bits per heavy atom. The van der Waals surface area contributed by atoms with E-state index in [0.29, 0.717) is 5.92 Å². The Balaban J connectivity index is 2.07. The lowest BCUT2D eigenvalue weighted by Gasteiger charge is -2.38. The van der Waals surface area contributed by atoms with Crippen molar-refractivity contribution in [1.29, 1.82) is 0 Å². The second kappa shape index (κ2) is 4.22. The van der Waals surface area contributed by atoms with E-state index in [4.69, 9.17) is 10.5 Å². The standard InChI is InChI=1S/C15H27NO2/c1-9(2)12(16)13(17)18-11-8-10-6-7-15(11,5)14(10,3)4/h9-12H,6-8,16H2,1-5H3/t10?,11?,12-,15?/m1/s1. The van der Waals surface area contributed by atoms with E-state index in [2.05, 4.69) is 20.8 Å². The summed E-state index contributed by atoms with van der Waals surface area (Å²) in [6.45, 7) is 10.8. The van der Waals surface area contributed by atoms with E-state index in [1.165, 1.54) is 12.8 Å². The minimum atomic E-state index is -0.490. The Hall–Kier alpha value is -0.570. The third kappa shape index (κ3) is 1.78. The molecule has 0 spiro atoms. The van der Waals surface area contributed by atoms with Crippen LogP contribution in [0.5, 0.6) is 0 Å². The highest BCUT2D eigenvalue weighted by Crippen LogP contribution is 2.66. The number of esters is 1. The number of hydrogen-bond donors (Lipinski definition) is 1. The predicted molar refractivity (Wildman–Crippen MR) is 71.9 cm³/mol. The first-order valence-corrected chi connectivity index (χ1v) is 7.16. The quantitative estimate of drug-likeness (QED) is 0.787. The molecule has 2 aliphatic rings. The van der Waals surface area contributed by atoms with Crippen molar-refractivity contribution in [2.45, 2.75) is 66.0 Å². The van der Waals surface area contributed by atoms with Crippen LogP contribution < -0.4 is 5.73 Å². The summed E-state index contributed by atoms with van der Waals surface area (Å²) in [5.74, 6) is 0.604. The highest BCUT2D eigenvalue weighted by molar-refractivity contribution is 5.76. The fraction of sp³-hybridized carbons (Fsp3) is 0.933. The molecule has 3 heteroatoms. The molecule has 2 saturated carbocycles. The first-order valence-electron chi connectivity index (χ1n) is 7.16. The molecule has 2 aliphatic carbocycles. The average molecular weight is 253 g/mol. The van der Waals surface area contributed by atoms with Crippen molar-refractivity contribution in [3.63, 3.8) is 0 Å². The van der Waals surface area contributed by atoms with Gasteiger partial charge in [-0.2, -0.15) is 0 Å². The summed E-state index contributed by atoms with van der Waals surface area (Å²) >= 11 is 0. The fourth-order valence-electron chi connectivity index (χ4n) is 3.80. The first-order chi connectivity index (χ1) is 8.20. The predicted octanol–water partition coefficient (Wildman–Crippen LogP) is 2.73. The number of carbonyl (C=O) groups excluding carboxylic acids is 1. The van der Waals surface area contributed by atoms with E-state index < -0.39 is 6.04 Å². The highest BCUT2D eigenvalue weighted by Gasteiger charge is 2.62. The minimum absolute atomic E-state index is 0.0588. The normalized spacial score (nSPS) is 39.1. The van der Waals surface area contributed by atoms with Gasteiger partial charge in [0.05, 0.1) is 0 Å². The molecule has 0 heterocycles. The summed E-state index contributed by atoms with van der Waals surface area (Å²) in [5.41, 5.74) is 6.28. The highest BCUT2D eigenvalue weighted by atomic mass is 16.5. The van der Waals surface area contributed by atoms with E-state index >= 15 is 0 Å². The maximum Gasteiger partial charge on any atom is 0.323 e. The smallest absolute Gasteiger partial charge is 0.323 e. The van der Waals surface area contributed by atoms with Gasteiger partial charge in [-0.25, -0.2) is 0 Å². The van der Waals surface area contributed by atoms with Crippen LogP contribution in [0, 0.1) is 22.7 Å². The molecule has 0 amide bonds. The van der Waals surface area contributed by atoms with Crippen molar-refractivity contribution in [2.24, 2.45) is 28.4 Å². The third-order valence-corrected chi connectivity index (χ3v) is 5.96. The molecule has 2 N–H and O–H groups in total. The van der Waals surface area contributed by atoms with Crippen LogP contribution in [0.25, 0.3) is 0 Å². The zero-order chi connectivity index (χ0) is 13.7. The molecular formula is C15H27NO2. The Bertz CT molecular complexity index is 350. The number of carbonyl (C=O) groups is 1. The molecule has 104 valence electrons. The summed E-state index contributed by atoms with van der Waals surface area (Å²) in [6.07, 6.45) is 3.51. The Morgan fingerprint density at radius 3 is 2.33 bits per heavy atom. The van der Waals surface area contributed by atoms with Gasteiger partial charge in [0, 0.05) is 5.41 Å². The fourth-order valence-corrected chi connectivity index (χ4v) is 3.80. The molecule has 2 bridgehead atoms. The van der Waals surface area contributed by atoms with Gasteiger partial charge in [-0.1, -0.05) is 34.6 Å². The molecule has 2 rings (SSSR count). The molecule has 0 aromatic carbocycles. The molecule has 0 radical (unpaired) electrons. The van der Waals surface area contributed by atoms with Gasteiger partial charge < -0.3 is 10.5 Å². The Labute approximate surface area is 110 Å². The number of ether oxygens (including phenoxy) is 1. The SMILES string of the molecule is CC(C)[C@@H](N)C(=O)OC1CC2CCC1(C)C2(C)C. The molecule has 0 saturated heterocycles. The molecular weight excluding hydrogens is 226 g/mol. The van der Waals surface area contributed by atoms with Gasteiger partial charge in [-0.3, -0.25) is 4.79 Å². The second-order valence-electron chi connectivity index (χ2n) is 7.31. The van der Waals surface area contributed by atoms with E-state index in [1.807, 2.05) is 13.8 Å². The lowest BCUT2D eigenvalue weighted by molar-refractivity contribution is -0.159. The lowest BCUT2D eigenvalue weighted by atomic mass is 9.70. The van der Waals surface area contributed by atoms with Crippen LogP contribution in [0.1, 0.15) is 53.9 Å². The number of nitrogens with two attached hydrogens (primary N) is 1. The van der Waals surface area contributed by atoms with Crippen molar-refractivity contribution in [1.82, 2.24) is 0 Å². The van der Waals surface area contributed by atoms with Gasteiger partial charge in [0.25, 0.3) is 0 Å². The van der Waals surface area contributed by atoms with Gasteiger partial charge in [0.15, 0.2) is 0 Å². The summed E-state index contributed by atoms with van der Waals surface area (Å²) in [5, 5.41) is 0. The largest absolute Gasteiger partial charge is 0.461 e. The number of fused-ring (bicyclic) bond motifs is 2. The van der Waals surface area contributed by atoms with Crippen LogP contribution in [0.15, 0.2) is 0 Å². The van der Waals surface area contributed by atoms with Crippen molar-refractivity contribution >= 4 is 5.97 Å². The zero-order valence-corrected chi connectivity index (χ0v) is 12.3. The Kier molecular flexibility index (Phi) is 3.25. The molecule has 0 aromatic heterocycles. The molecule has 0 aliphatic heterocycles. The van der Waals surface area contributed by atoms with E-state index in [0.717, 1.165) is 6.42 Å². The molecule has 3 unspecified atom stereocenters. The topological polar surface area (TPSA) is 52.3 Å². The van der Waals surface area contributed by atoms with Gasteiger partial charge in [0.2, 0.25) is 0 Å². The van der Waals surface area contributed by atoms with Crippen LogP contribution in [0.3, 0.4) is 0 Å². The van der Waals surface area contributed by atoms with Crippen LogP contribution in [0.4, 0.5) is 0 Å². The van der Waals surface area contributed by atoms with Crippen LogP contribution in [0.2, 0.25) is 0 Å². The van der Waals surface area contributed by atoms with Crippen molar-refractivity contribution in [3.8, 4) is 0 Å². The number of rotatable bonds is 3. The molecule has 0 aromatic rings. The first kappa shape index (κ1) is 13.9. The third-order valence-electron chi connectivity index (χ3n) is 5.96. The maximum absolute atomic E-state index is 12.0. The number of hydrogen-bond acceptors (Lipinski definition) is 3. The second-order valence-corrected chi connectivity index (χ2v) is 7.31.